The summed E-state index contributed by atoms with van der Waals surface area (Å²) in [6, 6.07) is 12.2. The third-order valence-corrected chi connectivity index (χ3v) is 4.39. The summed E-state index contributed by atoms with van der Waals surface area (Å²) in [6.45, 7) is 5.42. The molecule has 0 bridgehead atoms. The Kier molecular flexibility index (Phi) is 6.06. The molecule has 1 fully saturated rings. The molecule has 6 heteroatoms. The molecule has 1 aromatic heterocycles. The van der Waals surface area contributed by atoms with E-state index >= 15 is 0 Å². The van der Waals surface area contributed by atoms with Crippen LogP contribution in [0.15, 0.2) is 48.8 Å². The van der Waals surface area contributed by atoms with E-state index in [9.17, 15) is 4.79 Å². The summed E-state index contributed by atoms with van der Waals surface area (Å²) in [5.74, 6) is 0.324. The molecule has 0 spiro atoms. The van der Waals surface area contributed by atoms with Gasteiger partial charge in [-0.25, -0.2) is 4.79 Å². The van der Waals surface area contributed by atoms with Crippen molar-refractivity contribution in [1.82, 2.24) is 20.0 Å². The molecule has 2 heterocycles. The van der Waals surface area contributed by atoms with Crippen molar-refractivity contribution in [3.8, 4) is 0 Å². The Bertz CT molecular complexity index is 645. The molecule has 2 aromatic rings. The van der Waals surface area contributed by atoms with E-state index in [0.29, 0.717) is 32.2 Å². The Balaban J connectivity index is 1.43. The molecule has 0 aliphatic carbocycles. The fourth-order valence-electron chi connectivity index (χ4n) is 3.07. The Morgan fingerprint density at radius 3 is 2.96 bits per heavy atom. The predicted octanol–water partition coefficient (Wildman–Crippen LogP) is 2.17. The third kappa shape index (κ3) is 5.32. The second kappa shape index (κ2) is 8.67. The van der Waals surface area contributed by atoms with Gasteiger partial charge in [0.15, 0.2) is 0 Å². The molecule has 0 radical (unpaired) electrons. The molecule has 2 atom stereocenters. The number of nitrogens with one attached hydrogen (secondary N) is 1. The Morgan fingerprint density at radius 2 is 2.20 bits per heavy atom. The zero-order valence-corrected chi connectivity index (χ0v) is 14.7. The van der Waals surface area contributed by atoms with Gasteiger partial charge < -0.3 is 15.0 Å². The van der Waals surface area contributed by atoms with Crippen LogP contribution in [0.4, 0.5) is 4.79 Å². The number of aromatic nitrogens is 2. The van der Waals surface area contributed by atoms with Gasteiger partial charge in [-0.1, -0.05) is 37.3 Å². The lowest BCUT2D eigenvalue weighted by atomic mass is 10.1. The zero-order valence-electron chi connectivity index (χ0n) is 14.7. The van der Waals surface area contributed by atoms with Crippen LogP contribution < -0.4 is 5.32 Å². The van der Waals surface area contributed by atoms with Gasteiger partial charge in [0.25, 0.3) is 0 Å². The average molecular weight is 342 g/mol. The topological polar surface area (TPSA) is 59.4 Å². The lowest BCUT2D eigenvalue weighted by Crippen LogP contribution is -2.50. The molecule has 134 valence electrons. The molecular formula is C19H26N4O2. The van der Waals surface area contributed by atoms with Crippen molar-refractivity contribution in [3.63, 3.8) is 0 Å². The average Bonchev–Trinajstić information content (AvgIpc) is 3.14. The number of rotatable bonds is 6. The SMILES string of the molecule is C[C@H](CNC(=O)N1CCO[C@@H](Cc2ccccc2)C1)Cn1cccn1. The van der Waals surface area contributed by atoms with Crippen molar-refractivity contribution < 1.29 is 9.53 Å². The number of benzene rings is 1. The van der Waals surface area contributed by atoms with Crippen molar-refractivity contribution in [2.45, 2.75) is 26.0 Å². The van der Waals surface area contributed by atoms with Crippen LogP contribution in [0.25, 0.3) is 0 Å². The molecule has 1 N–H and O–H groups in total. The van der Waals surface area contributed by atoms with Gasteiger partial charge in [-0.15, -0.1) is 0 Å². The van der Waals surface area contributed by atoms with Crippen molar-refractivity contribution in [2.75, 3.05) is 26.2 Å². The fraction of sp³-hybridized carbons (Fsp3) is 0.474. The van der Waals surface area contributed by atoms with Crippen molar-refractivity contribution in [3.05, 3.63) is 54.4 Å². The van der Waals surface area contributed by atoms with E-state index in [-0.39, 0.29) is 12.1 Å². The summed E-state index contributed by atoms with van der Waals surface area (Å²) in [6.07, 6.45) is 4.60. The van der Waals surface area contributed by atoms with Crippen LogP contribution in [-0.2, 0) is 17.7 Å². The van der Waals surface area contributed by atoms with Gasteiger partial charge in [0, 0.05) is 45.0 Å². The van der Waals surface area contributed by atoms with Crippen LogP contribution in [-0.4, -0.2) is 53.1 Å². The number of hydrogen-bond donors (Lipinski definition) is 1. The Hall–Kier alpha value is -2.34. The minimum absolute atomic E-state index is 0.00585. The molecule has 6 nitrogen and oxygen atoms in total. The smallest absolute Gasteiger partial charge is 0.317 e. The van der Waals surface area contributed by atoms with Crippen molar-refractivity contribution >= 4 is 6.03 Å². The lowest BCUT2D eigenvalue weighted by molar-refractivity contribution is -0.0133. The molecule has 0 unspecified atom stereocenters. The molecule has 1 saturated heterocycles. The molecule has 3 rings (SSSR count). The largest absolute Gasteiger partial charge is 0.374 e. The number of carbonyl (C=O) groups excluding carboxylic acids is 1. The van der Waals surface area contributed by atoms with Crippen molar-refractivity contribution in [1.29, 1.82) is 0 Å². The quantitative estimate of drug-likeness (QED) is 0.875. The molecule has 0 saturated carbocycles. The summed E-state index contributed by atoms with van der Waals surface area (Å²) in [5.41, 5.74) is 1.24. The minimum Gasteiger partial charge on any atom is -0.374 e. The van der Waals surface area contributed by atoms with E-state index in [0.717, 1.165) is 13.0 Å². The molecule has 1 aliphatic heterocycles. The van der Waals surface area contributed by atoms with Crippen LogP contribution in [0.5, 0.6) is 0 Å². The van der Waals surface area contributed by atoms with Gasteiger partial charge >= 0.3 is 6.03 Å². The number of morpholine rings is 1. The first-order valence-electron chi connectivity index (χ1n) is 8.86. The number of urea groups is 1. The highest BCUT2D eigenvalue weighted by Gasteiger charge is 2.24. The van der Waals surface area contributed by atoms with E-state index < -0.39 is 0 Å². The fourth-order valence-corrected chi connectivity index (χ4v) is 3.07. The van der Waals surface area contributed by atoms with Crippen LogP contribution in [0.2, 0.25) is 0 Å². The van der Waals surface area contributed by atoms with Crippen molar-refractivity contribution in [2.24, 2.45) is 5.92 Å². The minimum atomic E-state index is -0.00585. The summed E-state index contributed by atoms with van der Waals surface area (Å²) in [5, 5.41) is 7.24. The Labute approximate surface area is 148 Å². The van der Waals surface area contributed by atoms with Crippen LogP contribution in [0.1, 0.15) is 12.5 Å². The highest BCUT2D eigenvalue weighted by Crippen LogP contribution is 2.12. The lowest BCUT2D eigenvalue weighted by Gasteiger charge is -2.33. The van der Waals surface area contributed by atoms with Gasteiger partial charge in [-0.2, -0.15) is 5.10 Å². The highest BCUT2D eigenvalue weighted by atomic mass is 16.5. The van der Waals surface area contributed by atoms with E-state index in [2.05, 4.69) is 29.5 Å². The van der Waals surface area contributed by atoms with Gasteiger partial charge in [-0.05, 0) is 17.5 Å². The number of amides is 2. The van der Waals surface area contributed by atoms with Gasteiger partial charge in [0.2, 0.25) is 0 Å². The predicted molar refractivity (Wildman–Crippen MR) is 96.2 cm³/mol. The summed E-state index contributed by atoms with van der Waals surface area (Å²) < 4.78 is 7.72. The van der Waals surface area contributed by atoms with E-state index in [4.69, 9.17) is 4.74 Å². The van der Waals surface area contributed by atoms with E-state index in [1.165, 1.54) is 5.56 Å². The molecule has 1 aromatic carbocycles. The van der Waals surface area contributed by atoms with Crippen LogP contribution >= 0.6 is 0 Å². The first-order valence-corrected chi connectivity index (χ1v) is 8.86. The third-order valence-electron chi connectivity index (χ3n) is 4.39. The second-order valence-corrected chi connectivity index (χ2v) is 6.65. The normalized spacial score (nSPS) is 18.8. The van der Waals surface area contributed by atoms with E-state index in [1.54, 1.807) is 6.20 Å². The molecule has 1 aliphatic rings. The molecule has 25 heavy (non-hydrogen) atoms. The molecular weight excluding hydrogens is 316 g/mol. The maximum atomic E-state index is 12.4. The summed E-state index contributed by atoms with van der Waals surface area (Å²) in [4.78, 5) is 14.3. The number of nitrogens with zero attached hydrogens (tertiary/aromatic N) is 3. The van der Waals surface area contributed by atoms with Crippen LogP contribution in [0.3, 0.4) is 0 Å². The maximum absolute atomic E-state index is 12.4. The van der Waals surface area contributed by atoms with Gasteiger partial charge in [0.1, 0.15) is 0 Å². The molecule has 2 amide bonds. The second-order valence-electron chi connectivity index (χ2n) is 6.65. The highest BCUT2D eigenvalue weighted by molar-refractivity contribution is 5.74. The Morgan fingerprint density at radius 1 is 1.36 bits per heavy atom. The van der Waals surface area contributed by atoms with Crippen LogP contribution in [0, 0.1) is 5.92 Å². The first kappa shape index (κ1) is 17.5. The zero-order chi connectivity index (χ0) is 17.5. The first-order chi connectivity index (χ1) is 12.2. The number of carbonyl (C=O) groups is 1. The monoisotopic (exact) mass is 342 g/mol. The summed E-state index contributed by atoms with van der Waals surface area (Å²) >= 11 is 0. The number of hydrogen-bond acceptors (Lipinski definition) is 3. The van der Waals surface area contributed by atoms with Gasteiger partial charge in [-0.3, -0.25) is 4.68 Å². The van der Waals surface area contributed by atoms with Gasteiger partial charge in [0.05, 0.1) is 12.7 Å². The maximum Gasteiger partial charge on any atom is 0.317 e. The summed E-state index contributed by atoms with van der Waals surface area (Å²) in [7, 11) is 0. The standard InChI is InChI=1S/C19H26N4O2/c1-16(14-23-9-5-8-21-23)13-20-19(24)22-10-11-25-18(15-22)12-17-6-3-2-4-7-17/h2-9,16,18H,10-15H2,1H3,(H,20,24)/t16-,18+/m1/s1. The number of ether oxygens (including phenoxy) is 1. The van der Waals surface area contributed by atoms with E-state index in [1.807, 2.05) is 40.0 Å².